The molecule has 0 spiro atoms. The third kappa shape index (κ3) is 2.84. The van der Waals surface area contributed by atoms with Gasteiger partial charge in [0, 0.05) is 45.2 Å². The Morgan fingerprint density at radius 2 is 1.71 bits per heavy atom. The van der Waals surface area contributed by atoms with Crippen LogP contribution in [0.5, 0.6) is 0 Å². The van der Waals surface area contributed by atoms with Crippen molar-refractivity contribution in [2.75, 3.05) is 19.6 Å². The van der Waals surface area contributed by atoms with Crippen molar-refractivity contribution < 1.29 is 4.79 Å². The molecule has 0 bridgehead atoms. The lowest BCUT2D eigenvalue weighted by Gasteiger charge is -2.23. The molecule has 1 aliphatic heterocycles. The lowest BCUT2D eigenvalue weighted by atomic mass is 10.0. The van der Waals surface area contributed by atoms with Crippen LogP contribution in [0.4, 0.5) is 0 Å². The number of likely N-dealkylation sites (tertiary alicyclic amines) is 1. The second-order valence-corrected chi connectivity index (χ2v) is 8.57. The molecule has 0 aliphatic carbocycles. The molecule has 0 radical (unpaired) electrons. The maximum absolute atomic E-state index is 13.4. The van der Waals surface area contributed by atoms with Gasteiger partial charge in [0.1, 0.15) is 0 Å². The summed E-state index contributed by atoms with van der Waals surface area (Å²) in [4.78, 5) is 23.0. The fourth-order valence-corrected chi connectivity index (χ4v) is 5.36. The fraction of sp³-hybridized carbons (Fsp3) is 0.269. The highest BCUT2D eigenvalue weighted by atomic mass is 16.1. The Balaban J connectivity index is 1.52. The number of carbonyl (C=O) groups excluding carboxylic acids is 1. The number of para-hydroxylation sites is 2. The zero-order valence-corrected chi connectivity index (χ0v) is 17.7. The summed E-state index contributed by atoms with van der Waals surface area (Å²) >= 11 is 0. The number of likely N-dealkylation sites (N-methyl/N-ethyl adjacent to an activating group) is 1. The normalized spacial score (nSPS) is 17.4. The van der Waals surface area contributed by atoms with Crippen molar-refractivity contribution in [1.29, 1.82) is 0 Å². The van der Waals surface area contributed by atoms with Crippen molar-refractivity contribution in [2.24, 2.45) is 0 Å². The van der Waals surface area contributed by atoms with E-state index in [9.17, 15) is 4.79 Å². The van der Waals surface area contributed by atoms with Gasteiger partial charge in [-0.2, -0.15) is 0 Å². The van der Waals surface area contributed by atoms with Crippen molar-refractivity contribution in [1.82, 2.24) is 20.2 Å². The van der Waals surface area contributed by atoms with Crippen LogP contribution in [0.1, 0.15) is 30.1 Å². The van der Waals surface area contributed by atoms with Crippen LogP contribution in [0.2, 0.25) is 0 Å². The smallest absolute Gasteiger partial charge is 0.253 e. The molecular formula is C26H26N4O. The predicted octanol–water partition coefficient (Wildman–Crippen LogP) is 5.17. The van der Waals surface area contributed by atoms with Crippen LogP contribution in [0, 0.1) is 0 Å². The van der Waals surface area contributed by atoms with E-state index in [0.29, 0.717) is 18.2 Å². The SMILES string of the molecule is CCN1CCCC1CNC(=O)c1cc2c3ccccc3[nH]c2c2c1[nH]c1ccccc12. The molecule has 1 amide bonds. The molecule has 0 saturated carbocycles. The third-order valence-electron chi connectivity index (χ3n) is 6.91. The van der Waals surface area contributed by atoms with E-state index in [4.69, 9.17) is 0 Å². The van der Waals surface area contributed by atoms with E-state index in [1.165, 1.54) is 6.42 Å². The van der Waals surface area contributed by atoms with Gasteiger partial charge in [-0.05, 0) is 44.1 Å². The number of H-pyrrole nitrogens is 2. The average Bonchev–Trinajstić information content (AvgIpc) is 3.50. The van der Waals surface area contributed by atoms with Crippen LogP contribution in [0.15, 0.2) is 54.6 Å². The number of nitrogens with one attached hydrogen (secondary N) is 3. The van der Waals surface area contributed by atoms with E-state index in [-0.39, 0.29) is 5.91 Å². The first-order valence-electron chi connectivity index (χ1n) is 11.2. The summed E-state index contributed by atoms with van der Waals surface area (Å²) < 4.78 is 0. The van der Waals surface area contributed by atoms with Gasteiger partial charge in [0.05, 0.1) is 16.6 Å². The predicted molar refractivity (Wildman–Crippen MR) is 128 cm³/mol. The Morgan fingerprint density at radius 3 is 2.52 bits per heavy atom. The minimum Gasteiger partial charge on any atom is -0.354 e. The highest BCUT2D eigenvalue weighted by molar-refractivity contribution is 6.28. The molecule has 2 aromatic heterocycles. The summed E-state index contributed by atoms with van der Waals surface area (Å²) in [5, 5.41) is 7.70. The summed E-state index contributed by atoms with van der Waals surface area (Å²) in [5.74, 6) is -0.00769. The Kier molecular flexibility index (Phi) is 4.25. The van der Waals surface area contributed by atoms with E-state index in [0.717, 1.165) is 63.1 Å². The van der Waals surface area contributed by atoms with Gasteiger partial charge in [-0.25, -0.2) is 0 Å². The molecule has 3 heterocycles. The van der Waals surface area contributed by atoms with Gasteiger partial charge in [0.2, 0.25) is 0 Å². The largest absolute Gasteiger partial charge is 0.354 e. The second kappa shape index (κ2) is 7.13. The van der Waals surface area contributed by atoms with Crippen LogP contribution in [0.25, 0.3) is 43.6 Å². The number of aromatic nitrogens is 2. The Morgan fingerprint density at radius 1 is 1.00 bits per heavy atom. The average molecular weight is 411 g/mol. The van der Waals surface area contributed by atoms with Gasteiger partial charge in [-0.1, -0.05) is 43.3 Å². The zero-order valence-electron chi connectivity index (χ0n) is 17.7. The monoisotopic (exact) mass is 410 g/mol. The number of rotatable bonds is 4. The molecule has 156 valence electrons. The number of fused-ring (bicyclic) bond motifs is 7. The summed E-state index contributed by atoms with van der Waals surface area (Å²) in [6.07, 6.45) is 2.36. The van der Waals surface area contributed by atoms with E-state index < -0.39 is 0 Å². The number of hydrogen-bond donors (Lipinski definition) is 3. The minimum absolute atomic E-state index is 0.00769. The first-order chi connectivity index (χ1) is 15.2. The Labute approximate surface area is 180 Å². The van der Waals surface area contributed by atoms with Gasteiger partial charge in [0.25, 0.3) is 5.91 Å². The molecule has 3 N–H and O–H groups in total. The van der Waals surface area contributed by atoms with Crippen molar-refractivity contribution in [3.05, 3.63) is 60.2 Å². The molecule has 5 aromatic rings. The van der Waals surface area contributed by atoms with E-state index >= 15 is 0 Å². The maximum atomic E-state index is 13.4. The Hall–Kier alpha value is -3.31. The quantitative estimate of drug-likeness (QED) is 0.383. The van der Waals surface area contributed by atoms with E-state index in [1.54, 1.807) is 0 Å². The molecule has 3 aromatic carbocycles. The molecular weight excluding hydrogens is 384 g/mol. The number of aromatic amines is 2. The van der Waals surface area contributed by atoms with Crippen molar-refractivity contribution in [3.8, 4) is 0 Å². The minimum atomic E-state index is -0.00769. The standard InChI is InChI=1S/C26H26N4O/c1-2-30-13-7-8-16(30)15-27-26(31)20-14-19-17-9-3-5-11-21(17)28-24(19)23-18-10-4-6-12-22(18)29-25(20)23/h3-6,9-12,14,16,28-29H,2,7-8,13,15H2,1H3,(H,27,31). The number of amides is 1. The van der Waals surface area contributed by atoms with E-state index in [2.05, 4.69) is 57.4 Å². The van der Waals surface area contributed by atoms with Crippen LogP contribution in [0.3, 0.4) is 0 Å². The van der Waals surface area contributed by atoms with Crippen LogP contribution in [-0.4, -0.2) is 46.5 Å². The topological polar surface area (TPSA) is 63.9 Å². The summed E-state index contributed by atoms with van der Waals surface area (Å²) in [6, 6.07) is 19.1. The van der Waals surface area contributed by atoms with Crippen LogP contribution < -0.4 is 5.32 Å². The molecule has 1 saturated heterocycles. The number of nitrogens with zero attached hydrogens (tertiary/aromatic N) is 1. The number of carbonyl (C=O) groups is 1. The van der Waals surface area contributed by atoms with Gasteiger partial charge in [-0.15, -0.1) is 0 Å². The first kappa shape index (κ1) is 18.5. The van der Waals surface area contributed by atoms with Crippen LogP contribution in [-0.2, 0) is 0 Å². The maximum Gasteiger partial charge on any atom is 0.253 e. The highest BCUT2D eigenvalue weighted by Crippen LogP contribution is 2.37. The zero-order chi connectivity index (χ0) is 20.9. The molecule has 5 nitrogen and oxygen atoms in total. The lowest BCUT2D eigenvalue weighted by molar-refractivity contribution is 0.0943. The summed E-state index contributed by atoms with van der Waals surface area (Å²) in [5.41, 5.74) is 4.83. The lowest BCUT2D eigenvalue weighted by Crippen LogP contribution is -2.40. The van der Waals surface area contributed by atoms with Crippen molar-refractivity contribution >= 4 is 49.5 Å². The molecule has 31 heavy (non-hydrogen) atoms. The Bertz CT molecular complexity index is 1440. The third-order valence-corrected chi connectivity index (χ3v) is 6.91. The first-order valence-corrected chi connectivity index (χ1v) is 11.2. The van der Waals surface area contributed by atoms with E-state index in [1.807, 2.05) is 24.3 Å². The summed E-state index contributed by atoms with van der Waals surface area (Å²) in [7, 11) is 0. The van der Waals surface area contributed by atoms with Crippen LogP contribution >= 0.6 is 0 Å². The van der Waals surface area contributed by atoms with Gasteiger partial charge in [-0.3, -0.25) is 9.69 Å². The molecule has 6 rings (SSSR count). The molecule has 1 unspecified atom stereocenters. The second-order valence-electron chi connectivity index (χ2n) is 8.57. The molecule has 1 aliphatic rings. The van der Waals surface area contributed by atoms with Gasteiger partial charge >= 0.3 is 0 Å². The van der Waals surface area contributed by atoms with Gasteiger partial charge in [0.15, 0.2) is 0 Å². The van der Waals surface area contributed by atoms with Gasteiger partial charge < -0.3 is 15.3 Å². The molecule has 1 fully saturated rings. The number of hydrogen-bond acceptors (Lipinski definition) is 2. The molecule has 1 atom stereocenters. The summed E-state index contributed by atoms with van der Waals surface area (Å²) in [6.45, 7) is 5.05. The highest BCUT2D eigenvalue weighted by Gasteiger charge is 2.25. The number of benzene rings is 3. The molecule has 5 heteroatoms. The van der Waals surface area contributed by atoms with Crippen molar-refractivity contribution in [3.63, 3.8) is 0 Å². The fourth-order valence-electron chi connectivity index (χ4n) is 5.36. The van der Waals surface area contributed by atoms with Crippen molar-refractivity contribution in [2.45, 2.75) is 25.8 Å².